The van der Waals surface area contributed by atoms with Crippen molar-refractivity contribution in [1.29, 1.82) is 0 Å². The van der Waals surface area contributed by atoms with Crippen LogP contribution in [-0.4, -0.2) is 45.5 Å². The zero-order valence-corrected chi connectivity index (χ0v) is 10.5. The number of primary amides is 1. The Bertz CT molecular complexity index is 455. The molecule has 1 aromatic heterocycles. The summed E-state index contributed by atoms with van der Waals surface area (Å²) in [5.74, 6) is -0.264. The summed E-state index contributed by atoms with van der Waals surface area (Å²) < 4.78 is 1.61. The van der Waals surface area contributed by atoms with Crippen molar-refractivity contribution in [1.82, 2.24) is 14.7 Å². The summed E-state index contributed by atoms with van der Waals surface area (Å²) in [4.78, 5) is 25.0. The van der Waals surface area contributed by atoms with Crippen molar-refractivity contribution in [2.75, 3.05) is 13.1 Å². The van der Waals surface area contributed by atoms with Crippen LogP contribution in [0.1, 0.15) is 29.6 Å². The van der Waals surface area contributed by atoms with E-state index in [9.17, 15) is 9.59 Å². The second kappa shape index (κ2) is 5.30. The maximum atomic E-state index is 12.0. The van der Waals surface area contributed by atoms with Gasteiger partial charge < -0.3 is 5.73 Å². The Morgan fingerprint density at radius 3 is 2.94 bits per heavy atom. The van der Waals surface area contributed by atoms with E-state index in [4.69, 9.17) is 5.73 Å². The molecule has 1 fully saturated rings. The molecule has 1 atom stereocenters. The molecule has 0 spiro atoms. The number of aryl methyl sites for hydroxylation is 1. The van der Waals surface area contributed by atoms with Crippen molar-refractivity contribution < 1.29 is 9.59 Å². The zero-order chi connectivity index (χ0) is 13.1. The topological polar surface area (TPSA) is 81.2 Å². The molecule has 2 N–H and O–H groups in total. The molecule has 0 radical (unpaired) electrons. The highest BCUT2D eigenvalue weighted by Crippen LogP contribution is 2.21. The van der Waals surface area contributed by atoms with Gasteiger partial charge in [-0.05, 0) is 19.4 Å². The van der Waals surface area contributed by atoms with Crippen LogP contribution < -0.4 is 5.73 Å². The molecular formula is C12H18N4O2. The second-order valence-electron chi connectivity index (χ2n) is 4.76. The number of hydrogen-bond acceptors (Lipinski definition) is 4. The van der Waals surface area contributed by atoms with Gasteiger partial charge in [0.05, 0.1) is 18.3 Å². The highest BCUT2D eigenvalue weighted by molar-refractivity contribution is 5.96. The lowest BCUT2D eigenvalue weighted by atomic mass is 10.0. The van der Waals surface area contributed by atoms with Crippen LogP contribution in [0, 0.1) is 0 Å². The molecule has 98 valence electrons. The van der Waals surface area contributed by atoms with E-state index in [0.717, 1.165) is 19.4 Å². The van der Waals surface area contributed by atoms with Gasteiger partial charge >= 0.3 is 0 Å². The molecule has 6 nitrogen and oxygen atoms in total. The molecule has 18 heavy (non-hydrogen) atoms. The third-order valence-electron chi connectivity index (χ3n) is 3.31. The number of rotatable bonds is 5. The number of Topliss-reactive ketones (excluding diaryl/α,β-unsaturated/α-hetero) is 1. The minimum atomic E-state index is -0.337. The largest absolute Gasteiger partial charge is 0.369 e. The van der Waals surface area contributed by atoms with E-state index in [1.807, 2.05) is 4.90 Å². The average molecular weight is 250 g/mol. The molecule has 0 unspecified atom stereocenters. The average Bonchev–Trinajstić information content (AvgIpc) is 2.88. The molecule has 1 aromatic rings. The predicted molar refractivity (Wildman–Crippen MR) is 65.9 cm³/mol. The summed E-state index contributed by atoms with van der Waals surface area (Å²) in [5, 5.41) is 3.99. The Morgan fingerprint density at radius 2 is 2.33 bits per heavy atom. The first-order valence-electron chi connectivity index (χ1n) is 6.10. The highest BCUT2D eigenvalue weighted by atomic mass is 16.1. The van der Waals surface area contributed by atoms with Crippen LogP contribution in [0.4, 0.5) is 0 Å². The Balaban J connectivity index is 1.96. The number of likely N-dealkylation sites (tertiary alicyclic amines) is 1. The lowest BCUT2D eigenvalue weighted by Gasteiger charge is -2.21. The third-order valence-corrected chi connectivity index (χ3v) is 3.31. The van der Waals surface area contributed by atoms with Crippen LogP contribution in [0.2, 0.25) is 0 Å². The van der Waals surface area contributed by atoms with Crippen LogP contribution in [0.25, 0.3) is 0 Å². The fourth-order valence-electron chi connectivity index (χ4n) is 2.43. The van der Waals surface area contributed by atoms with Gasteiger partial charge in [0.25, 0.3) is 0 Å². The molecule has 1 saturated heterocycles. The monoisotopic (exact) mass is 250 g/mol. The number of nitrogens with zero attached hydrogens (tertiary/aromatic N) is 3. The molecule has 6 heteroatoms. The summed E-state index contributed by atoms with van der Waals surface area (Å²) in [6.07, 6.45) is 5.68. The molecule has 0 aliphatic carbocycles. The summed E-state index contributed by atoms with van der Waals surface area (Å²) in [6, 6.07) is 0.130. The minimum absolute atomic E-state index is 0.0736. The fourth-order valence-corrected chi connectivity index (χ4v) is 2.43. The number of aromatic nitrogens is 2. The summed E-state index contributed by atoms with van der Waals surface area (Å²) in [5.41, 5.74) is 5.83. The molecule has 0 saturated carbocycles. The van der Waals surface area contributed by atoms with Crippen LogP contribution in [0.3, 0.4) is 0 Å². The van der Waals surface area contributed by atoms with E-state index in [1.165, 1.54) is 0 Å². The van der Waals surface area contributed by atoms with E-state index in [1.54, 1.807) is 24.1 Å². The first-order chi connectivity index (χ1) is 8.56. The number of amides is 1. The molecule has 2 rings (SSSR count). The van der Waals surface area contributed by atoms with Crippen LogP contribution in [-0.2, 0) is 11.8 Å². The van der Waals surface area contributed by atoms with Crippen molar-refractivity contribution in [3.8, 4) is 0 Å². The maximum Gasteiger partial charge on any atom is 0.231 e. The number of carbonyl (C=O) groups is 2. The highest BCUT2D eigenvalue weighted by Gasteiger charge is 2.28. The van der Waals surface area contributed by atoms with Crippen molar-refractivity contribution in [2.45, 2.75) is 25.3 Å². The summed E-state index contributed by atoms with van der Waals surface area (Å²) in [7, 11) is 1.78. The van der Waals surface area contributed by atoms with E-state index < -0.39 is 0 Å². The van der Waals surface area contributed by atoms with Gasteiger partial charge in [-0.15, -0.1) is 0 Å². The number of hydrogen-bond donors (Lipinski definition) is 1. The first-order valence-corrected chi connectivity index (χ1v) is 6.10. The standard InChI is InChI=1S/C12H18N4O2/c1-15-7-9(6-14-15)11(17)5-10-3-2-4-16(10)8-12(13)18/h6-7,10H,2-5,8H2,1H3,(H2,13,18)/t10-/m1/s1. The fraction of sp³-hybridized carbons (Fsp3) is 0.583. The molecule has 0 aromatic carbocycles. The van der Waals surface area contributed by atoms with E-state index in [0.29, 0.717) is 12.0 Å². The second-order valence-corrected chi connectivity index (χ2v) is 4.76. The van der Waals surface area contributed by atoms with Crippen molar-refractivity contribution in [2.24, 2.45) is 12.8 Å². The smallest absolute Gasteiger partial charge is 0.231 e. The van der Waals surface area contributed by atoms with Gasteiger partial charge in [0.15, 0.2) is 5.78 Å². The van der Waals surface area contributed by atoms with Gasteiger partial charge in [0.2, 0.25) is 5.91 Å². The normalized spacial score (nSPS) is 20.2. The van der Waals surface area contributed by atoms with Gasteiger partial charge in [-0.3, -0.25) is 19.2 Å². The lowest BCUT2D eigenvalue weighted by Crippen LogP contribution is -2.38. The zero-order valence-electron chi connectivity index (χ0n) is 10.5. The number of ketones is 1. The number of nitrogens with two attached hydrogens (primary N) is 1. The SMILES string of the molecule is Cn1cc(C(=O)C[C@H]2CCCN2CC(N)=O)cn1. The van der Waals surface area contributed by atoms with Crippen LogP contribution in [0.15, 0.2) is 12.4 Å². The van der Waals surface area contributed by atoms with Gasteiger partial charge in [0.1, 0.15) is 0 Å². The van der Waals surface area contributed by atoms with Crippen molar-refractivity contribution in [3.63, 3.8) is 0 Å². The van der Waals surface area contributed by atoms with Crippen LogP contribution in [0.5, 0.6) is 0 Å². The van der Waals surface area contributed by atoms with Crippen molar-refractivity contribution in [3.05, 3.63) is 18.0 Å². The summed E-state index contributed by atoms with van der Waals surface area (Å²) >= 11 is 0. The Hall–Kier alpha value is -1.69. The Morgan fingerprint density at radius 1 is 1.56 bits per heavy atom. The van der Waals surface area contributed by atoms with Gasteiger partial charge in [-0.1, -0.05) is 0 Å². The van der Waals surface area contributed by atoms with Crippen LogP contribution >= 0.6 is 0 Å². The third kappa shape index (κ3) is 2.95. The van der Waals surface area contributed by atoms with E-state index in [2.05, 4.69) is 5.10 Å². The number of carbonyl (C=O) groups excluding carboxylic acids is 2. The quantitative estimate of drug-likeness (QED) is 0.742. The maximum absolute atomic E-state index is 12.0. The Kier molecular flexibility index (Phi) is 3.76. The summed E-state index contributed by atoms with van der Waals surface area (Å²) in [6.45, 7) is 1.08. The van der Waals surface area contributed by atoms with E-state index in [-0.39, 0.29) is 24.3 Å². The molecule has 1 aliphatic rings. The minimum Gasteiger partial charge on any atom is -0.369 e. The van der Waals surface area contributed by atoms with Gasteiger partial charge in [-0.2, -0.15) is 5.10 Å². The predicted octanol–water partition coefficient (Wildman–Crippen LogP) is -0.0574. The molecule has 2 heterocycles. The van der Waals surface area contributed by atoms with E-state index >= 15 is 0 Å². The molecule has 0 bridgehead atoms. The lowest BCUT2D eigenvalue weighted by molar-refractivity contribution is -0.119. The van der Waals surface area contributed by atoms with Gasteiger partial charge in [0, 0.05) is 25.7 Å². The van der Waals surface area contributed by atoms with Gasteiger partial charge in [-0.25, -0.2) is 0 Å². The molecule has 1 aliphatic heterocycles. The van der Waals surface area contributed by atoms with Crippen molar-refractivity contribution >= 4 is 11.7 Å². The Labute approximate surface area is 106 Å². The first kappa shape index (κ1) is 12.8. The molecule has 1 amide bonds. The molecular weight excluding hydrogens is 232 g/mol.